The van der Waals surface area contributed by atoms with E-state index in [1.165, 1.54) is 13.2 Å². The van der Waals surface area contributed by atoms with E-state index in [2.05, 4.69) is 10.3 Å². The van der Waals surface area contributed by atoms with Gasteiger partial charge in [-0.15, -0.1) is 0 Å². The van der Waals surface area contributed by atoms with Crippen molar-refractivity contribution in [3.8, 4) is 0 Å². The van der Waals surface area contributed by atoms with Crippen LogP contribution in [0.25, 0.3) is 0 Å². The van der Waals surface area contributed by atoms with Crippen LogP contribution in [0.5, 0.6) is 0 Å². The zero-order valence-corrected chi connectivity index (χ0v) is 6.16. The van der Waals surface area contributed by atoms with Gasteiger partial charge in [-0.25, -0.2) is 4.98 Å². The lowest BCUT2D eigenvalue weighted by Crippen LogP contribution is -2.20. The van der Waals surface area contributed by atoms with Gasteiger partial charge in [-0.2, -0.15) is 0 Å². The molecule has 0 aromatic carbocycles. The number of anilines is 1. The molecule has 1 aromatic heterocycles. The van der Waals surface area contributed by atoms with Crippen LogP contribution >= 0.6 is 0 Å². The third kappa shape index (κ3) is 1.46. The minimum Gasteiger partial charge on any atom is -0.397 e. The third-order valence-electron chi connectivity index (χ3n) is 1.28. The molecule has 0 spiro atoms. The van der Waals surface area contributed by atoms with E-state index in [0.717, 1.165) is 0 Å². The lowest BCUT2D eigenvalue weighted by Gasteiger charge is -2.00. The van der Waals surface area contributed by atoms with Crippen LogP contribution < -0.4 is 11.1 Å². The van der Waals surface area contributed by atoms with Crippen molar-refractivity contribution in [3.63, 3.8) is 0 Å². The molecule has 0 aliphatic carbocycles. The van der Waals surface area contributed by atoms with Crippen LogP contribution in [0.2, 0.25) is 0 Å². The maximum Gasteiger partial charge on any atom is 0.271 e. The number of hydrogen-bond donors (Lipinski definition) is 2. The fourth-order valence-electron chi connectivity index (χ4n) is 0.726. The molecule has 1 heterocycles. The van der Waals surface area contributed by atoms with Gasteiger partial charge in [0.2, 0.25) is 0 Å². The Morgan fingerprint density at radius 3 is 3.00 bits per heavy atom. The van der Waals surface area contributed by atoms with Crippen molar-refractivity contribution >= 4 is 11.6 Å². The number of amides is 1. The monoisotopic (exact) mass is 151 g/mol. The van der Waals surface area contributed by atoms with Crippen LogP contribution in [0.15, 0.2) is 18.3 Å². The smallest absolute Gasteiger partial charge is 0.271 e. The molecule has 11 heavy (non-hydrogen) atoms. The van der Waals surface area contributed by atoms with Crippen molar-refractivity contribution in [2.24, 2.45) is 0 Å². The summed E-state index contributed by atoms with van der Waals surface area (Å²) in [6.45, 7) is 0. The molecule has 0 bridgehead atoms. The Morgan fingerprint density at radius 1 is 1.73 bits per heavy atom. The maximum atomic E-state index is 11.0. The van der Waals surface area contributed by atoms with Gasteiger partial charge >= 0.3 is 0 Å². The van der Waals surface area contributed by atoms with E-state index in [4.69, 9.17) is 5.73 Å². The Balaban J connectivity index is 3.03. The molecule has 0 saturated carbocycles. The lowest BCUT2D eigenvalue weighted by molar-refractivity contribution is 0.0959. The van der Waals surface area contributed by atoms with E-state index >= 15 is 0 Å². The van der Waals surface area contributed by atoms with Gasteiger partial charge in [-0.1, -0.05) is 0 Å². The Kier molecular flexibility index (Phi) is 2.06. The number of carbonyl (C=O) groups excluding carboxylic acids is 1. The molecule has 0 atom stereocenters. The molecule has 0 aliphatic heterocycles. The molecule has 0 unspecified atom stereocenters. The molecule has 0 radical (unpaired) electrons. The average molecular weight is 151 g/mol. The van der Waals surface area contributed by atoms with Crippen LogP contribution in [-0.2, 0) is 0 Å². The number of carbonyl (C=O) groups is 1. The van der Waals surface area contributed by atoms with Crippen LogP contribution in [0, 0.1) is 0 Å². The van der Waals surface area contributed by atoms with Crippen molar-refractivity contribution in [2.75, 3.05) is 12.8 Å². The van der Waals surface area contributed by atoms with E-state index in [9.17, 15) is 4.79 Å². The summed E-state index contributed by atoms with van der Waals surface area (Å²) in [4.78, 5) is 14.8. The minimum absolute atomic E-state index is 0.261. The molecule has 1 rings (SSSR count). The fraction of sp³-hybridized carbons (Fsp3) is 0.143. The number of hydrogen-bond acceptors (Lipinski definition) is 3. The highest BCUT2D eigenvalue weighted by atomic mass is 16.1. The molecule has 0 aliphatic rings. The Hall–Kier alpha value is -1.58. The Morgan fingerprint density at radius 2 is 2.45 bits per heavy atom. The number of nitrogens with zero attached hydrogens (tertiary/aromatic N) is 1. The molecule has 4 nitrogen and oxygen atoms in total. The van der Waals surface area contributed by atoms with Gasteiger partial charge in [-0.3, -0.25) is 4.79 Å². The molecule has 3 N–H and O–H groups in total. The van der Waals surface area contributed by atoms with E-state index in [1.54, 1.807) is 12.1 Å². The molecular weight excluding hydrogens is 142 g/mol. The molecule has 1 amide bonds. The highest BCUT2D eigenvalue weighted by molar-refractivity contribution is 5.96. The zero-order chi connectivity index (χ0) is 8.27. The summed E-state index contributed by atoms with van der Waals surface area (Å²) in [5, 5.41) is 2.44. The van der Waals surface area contributed by atoms with Crippen molar-refractivity contribution in [3.05, 3.63) is 24.0 Å². The van der Waals surface area contributed by atoms with E-state index in [1.807, 2.05) is 0 Å². The van der Waals surface area contributed by atoms with Crippen LogP contribution in [-0.4, -0.2) is 17.9 Å². The normalized spacial score (nSPS) is 9.18. The second-order valence-corrected chi connectivity index (χ2v) is 2.02. The minimum atomic E-state index is -0.261. The molecule has 58 valence electrons. The summed E-state index contributed by atoms with van der Waals surface area (Å²) in [7, 11) is 1.54. The lowest BCUT2D eigenvalue weighted by atomic mass is 10.3. The fourth-order valence-corrected chi connectivity index (χ4v) is 0.726. The first-order chi connectivity index (χ1) is 5.25. The first-order valence-corrected chi connectivity index (χ1v) is 3.18. The topological polar surface area (TPSA) is 68.0 Å². The second kappa shape index (κ2) is 3.01. The van der Waals surface area contributed by atoms with Crippen molar-refractivity contribution in [1.29, 1.82) is 0 Å². The molecule has 0 saturated heterocycles. The van der Waals surface area contributed by atoms with Crippen molar-refractivity contribution < 1.29 is 4.79 Å². The summed E-state index contributed by atoms with van der Waals surface area (Å²) < 4.78 is 0. The van der Waals surface area contributed by atoms with Gasteiger partial charge in [0.1, 0.15) is 0 Å². The predicted molar refractivity (Wildman–Crippen MR) is 42.0 cm³/mol. The summed E-state index contributed by atoms with van der Waals surface area (Å²) in [6.07, 6.45) is 1.53. The molecular formula is C7H9N3O. The zero-order valence-electron chi connectivity index (χ0n) is 6.16. The van der Waals surface area contributed by atoms with Gasteiger partial charge in [0.25, 0.3) is 5.91 Å². The summed E-state index contributed by atoms with van der Waals surface area (Å²) in [5.41, 5.74) is 6.14. The van der Waals surface area contributed by atoms with Gasteiger partial charge in [-0.05, 0) is 12.1 Å². The van der Waals surface area contributed by atoms with Gasteiger partial charge in [0.15, 0.2) is 5.69 Å². The Labute approximate surface area is 64.4 Å². The van der Waals surface area contributed by atoms with Crippen LogP contribution in [0.4, 0.5) is 5.69 Å². The second-order valence-electron chi connectivity index (χ2n) is 2.02. The standard InChI is InChI=1S/C7H9N3O/c1-9-7(11)6-5(8)3-2-4-10-6/h2-4H,8H2,1H3,(H,9,11). The summed E-state index contributed by atoms with van der Waals surface area (Å²) >= 11 is 0. The van der Waals surface area contributed by atoms with Crippen LogP contribution in [0.3, 0.4) is 0 Å². The molecule has 1 aromatic rings. The van der Waals surface area contributed by atoms with E-state index < -0.39 is 0 Å². The highest BCUT2D eigenvalue weighted by Gasteiger charge is 2.06. The third-order valence-corrected chi connectivity index (χ3v) is 1.28. The first-order valence-electron chi connectivity index (χ1n) is 3.18. The quantitative estimate of drug-likeness (QED) is 0.594. The van der Waals surface area contributed by atoms with Crippen molar-refractivity contribution in [1.82, 2.24) is 10.3 Å². The SMILES string of the molecule is CNC(=O)c1ncccc1N. The number of nitrogen functional groups attached to an aromatic ring is 1. The highest BCUT2D eigenvalue weighted by Crippen LogP contribution is 2.05. The summed E-state index contributed by atoms with van der Waals surface area (Å²) in [6, 6.07) is 3.32. The van der Waals surface area contributed by atoms with E-state index in [-0.39, 0.29) is 11.6 Å². The van der Waals surface area contributed by atoms with Gasteiger partial charge < -0.3 is 11.1 Å². The Bertz CT molecular complexity index is 272. The predicted octanol–water partition coefficient (Wildman–Crippen LogP) is 0.0234. The number of rotatable bonds is 1. The van der Waals surface area contributed by atoms with Gasteiger partial charge in [0.05, 0.1) is 5.69 Å². The average Bonchev–Trinajstić information content (AvgIpc) is 2.04. The molecule has 4 heteroatoms. The van der Waals surface area contributed by atoms with Crippen molar-refractivity contribution in [2.45, 2.75) is 0 Å². The number of nitrogens with two attached hydrogens (primary N) is 1. The van der Waals surface area contributed by atoms with Crippen LogP contribution in [0.1, 0.15) is 10.5 Å². The number of nitrogens with one attached hydrogen (secondary N) is 1. The maximum absolute atomic E-state index is 11.0. The molecule has 0 fully saturated rings. The summed E-state index contributed by atoms with van der Waals surface area (Å²) in [5.74, 6) is -0.261. The first kappa shape index (κ1) is 7.53. The number of pyridine rings is 1. The number of aromatic nitrogens is 1. The largest absolute Gasteiger partial charge is 0.397 e. The van der Waals surface area contributed by atoms with Gasteiger partial charge in [0, 0.05) is 13.2 Å². The van der Waals surface area contributed by atoms with E-state index in [0.29, 0.717) is 5.69 Å².